The van der Waals surface area contributed by atoms with Crippen molar-refractivity contribution in [3.63, 3.8) is 0 Å². The van der Waals surface area contributed by atoms with Gasteiger partial charge in [-0.05, 0) is 26.7 Å². The van der Waals surface area contributed by atoms with Crippen LogP contribution in [0.2, 0.25) is 0 Å². The maximum Gasteiger partial charge on any atom is 0.321 e. The Hall–Kier alpha value is -1.06. The lowest BCUT2D eigenvalue weighted by Crippen LogP contribution is -2.10. The van der Waals surface area contributed by atoms with Crippen molar-refractivity contribution in [2.24, 2.45) is 0 Å². The minimum Gasteiger partial charge on any atom is -0.336 e. The van der Waals surface area contributed by atoms with Crippen LogP contribution in [0.15, 0.2) is 4.52 Å². The van der Waals surface area contributed by atoms with Crippen LogP contribution in [-0.4, -0.2) is 16.2 Å². The molecule has 4 nitrogen and oxygen atoms in total. The van der Waals surface area contributed by atoms with E-state index in [0.29, 0.717) is 12.1 Å². The molecule has 2 rings (SSSR count). The van der Waals surface area contributed by atoms with E-state index in [0.717, 1.165) is 5.82 Å². The van der Waals surface area contributed by atoms with Crippen LogP contribution in [0.1, 0.15) is 39.4 Å². The van der Waals surface area contributed by atoms with E-state index in [1.54, 1.807) is 0 Å². The molecule has 0 amide bonds. The molecule has 4 heteroatoms. The van der Waals surface area contributed by atoms with Gasteiger partial charge < -0.3 is 9.84 Å². The molecule has 0 aromatic carbocycles. The molecular formula is C9H15N3O. The molecule has 1 heterocycles. The molecule has 1 saturated carbocycles. The Kier molecular flexibility index (Phi) is 1.78. The van der Waals surface area contributed by atoms with Crippen LogP contribution in [-0.2, 0) is 5.41 Å². The lowest BCUT2D eigenvalue weighted by Gasteiger charge is -2.02. The fourth-order valence-corrected chi connectivity index (χ4v) is 1.19. The Labute approximate surface area is 77.7 Å². The van der Waals surface area contributed by atoms with Crippen LogP contribution in [0.25, 0.3) is 0 Å². The SMILES string of the molecule is CC(C)Nc1nc(C2(C)CC2)no1. The highest BCUT2D eigenvalue weighted by Crippen LogP contribution is 2.46. The second-order valence-electron chi connectivity index (χ2n) is 4.28. The van der Waals surface area contributed by atoms with Gasteiger partial charge in [-0.3, -0.25) is 0 Å². The van der Waals surface area contributed by atoms with Gasteiger partial charge in [0.2, 0.25) is 0 Å². The zero-order valence-corrected chi connectivity index (χ0v) is 8.29. The third-order valence-corrected chi connectivity index (χ3v) is 2.38. The third-order valence-electron chi connectivity index (χ3n) is 2.38. The van der Waals surface area contributed by atoms with Crippen LogP contribution in [0.4, 0.5) is 6.01 Å². The zero-order chi connectivity index (χ0) is 9.47. The van der Waals surface area contributed by atoms with Crippen molar-refractivity contribution in [1.82, 2.24) is 10.1 Å². The van der Waals surface area contributed by atoms with Gasteiger partial charge in [0.25, 0.3) is 0 Å². The van der Waals surface area contributed by atoms with Crippen molar-refractivity contribution in [3.05, 3.63) is 5.82 Å². The summed E-state index contributed by atoms with van der Waals surface area (Å²) in [7, 11) is 0. The van der Waals surface area contributed by atoms with Gasteiger partial charge in [0.1, 0.15) is 0 Å². The van der Waals surface area contributed by atoms with E-state index in [-0.39, 0.29) is 5.41 Å². The van der Waals surface area contributed by atoms with Gasteiger partial charge in [-0.25, -0.2) is 0 Å². The fourth-order valence-electron chi connectivity index (χ4n) is 1.19. The Morgan fingerprint density at radius 3 is 2.69 bits per heavy atom. The Bertz CT molecular complexity index is 302. The van der Waals surface area contributed by atoms with E-state index in [2.05, 4.69) is 22.4 Å². The molecule has 1 N–H and O–H groups in total. The van der Waals surface area contributed by atoms with Crippen molar-refractivity contribution in [3.8, 4) is 0 Å². The first-order valence-corrected chi connectivity index (χ1v) is 4.71. The fraction of sp³-hybridized carbons (Fsp3) is 0.778. The van der Waals surface area contributed by atoms with Crippen LogP contribution < -0.4 is 5.32 Å². The van der Waals surface area contributed by atoms with Crippen LogP contribution in [0, 0.1) is 0 Å². The third kappa shape index (κ3) is 1.66. The van der Waals surface area contributed by atoms with Gasteiger partial charge in [0, 0.05) is 11.5 Å². The molecule has 0 saturated heterocycles. The molecule has 0 aliphatic heterocycles. The largest absolute Gasteiger partial charge is 0.336 e. The molecule has 1 fully saturated rings. The molecule has 0 radical (unpaired) electrons. The summed E-state index contributed by atoms with van der Waals surface area (Å²) in [5.41, 5.74) is 0.195. The van der Waals surface area contributed by atoms with Gasteiger partial charge >= 0.3 is 6.01 Å². The molecule has 1 aromatic heterocycles. The summed E-state index contributed by atoms with van der Waals surface area (Å²) >= 11 is 0. The summed E-state index contributed by atoms with van der Waals surface area (Å²) in [6, 6.07) is 0.874. The first-order valence-electron chi connectivity index (χ1n) is 4.71. The van der Waals surface area contributed by atoms with Crippen molar-refractivity contribution >= 4 is 6.01 Å². The van der Waals surface area contributed by atoms with E-state index >= 15 is 0 Å². The van der Waals surface area contributed by atoms with E-state index in [9.17, 15) is 0 Å². The number of nitrogens with zero attached hydrogens (tertiary/aromatic N) is 2. The second kappa shape index (κ2) is 2.72. The van der Waals surface area contributed by atoms with Crippen LogP contribution >= 0.6 is 0 Å². The molecule has 0 spiro atoms. The standard InChI is InChI=1S/C9H15N3O/c1-6(2)10-8-11-7(12-13-8)9(3)4-5-9/h6H,4-5H2,1-3H3,(H,10,11,12). The number of hydrogen-bond acceptors (Lipinski definition) is 4. The molecule has 0 bridgehead atoms. The molecule has 1 aliphatic rings. The smallest absolute Gasteiger partial charge is 0.321 e. The quantitative estimate of drug-likeness (QED) is 0.774. The van der Waals surface area contributed by atoms with Crippen molar-refractivity contribution in [2.45, 2.75) is 45.1 Å². The molecule has 1 aromatic rings. The number of aromatic nitrogens is 2. The summed E-state index contributed by atoms with van der Waals surface area (Å²) in [6.45, 7) is 6.25. The number of anilines is 1. The van der Waals surface area contributed by atoms with Gasteiger partial charge in [0.15, 0.2) is 5.82 Å². The first-order chi connectivity index (χ1) is 6.10. The molecule has 13 heavy (non-hydrogen) atoms. The van der Waals surface area contributed by atoms with Crippen LogP contribution in [0.5, 0.6) is 0 Å². The summed E-state index contributed by atoms with van der Waals surface area (Å²) in [4.78, 5) is 4.30. The normalized spacial score (nSPS) is 19.1. The predicted molar refractivity (Wildman–Crippen MR) is 49.6 cm³/mol. The minimum absolute atomic E-state index is 0.195. The molecule has 1 aliphatic carbocycles. The molecular weight excluding hydrogens is 166 g/mol. The highest BCUT2D eigenvalue weighted by atomic mass is 16.5. The summed E-state index contributed by atoms with van der Waals surface area (Å²) < 4.78 is 5.07. The minimum atomic E-state index is 0.195. The van der Waals surface area contributed by atoms with Gasteiger partial charge in [0.05, 0.1) is 0 Å². The lowest BCUT2D eigenvalue weighted by atomic mass is 10.1. The monoisotopic (exact) mass is 181 g/mol. The molecule has 0 atom stereocenters. The van der Waals surface area contributed by atoms with Crippen molar-refractivity contribution in [2.75, 3.05) is 5.32 Å². The average Bonchev–Trinajstić information content (AvgIpc) is 2.62. The van der Waals surface area contributed by atoms with Gasteiger partial charge in [-0.2, -0.15) is 4.98 Å². The average molecular weight is 181 g/mol. The van der Waals surface area contributed by atoms with E-state index < -0.39 is 0 Å². The highest BCUT2D eigenvalue weighted by molar-refractivity contribution is 5.24. The number of hydrogen-bond donors (Lipinski definition) is 1. The summed E-state index contributed by atoms with van der Waals surface area (Å²) in [5.74, 6) is 0.843. The highest BCUT2D eigenvalue weighted by Gasteiger charge is 2.43. The van der Waals surface area contributed by atoms with Crippen LogP contribution in [0.3, 0.4) is 0 Å². The van der Waals surface area contributed by atoms with E-state index in [1.165, 1.54) is 12.8 Å². The Balaban J connectivity index is 2.09. The first kappa shape index (κ1) is 8.53. The number of nitrogens with one attached hydrogen (secondary N) is 1. The maximum atomic E-state index is 5.07. The van der Waals surface area contributed by atoms with Gasteiger partial charge in [-0.15, -0.1) is 0 Å². The summed E-state index contributed by atoms with van der Waals surface area (Å²) in [5, 5.41) is 7.04. The molecule has 72 valence electrons. The summed E-state index contributed by atoms with van der Waals surface area (Å²) in [6.07, 6.45) is 2.35. The van der Waals surface area contributed by atoms with Crippen molar-refractivity contribution < 1.29 is 4.52 Å². The topological polar surface area (TPSA) is 51.0 Å². The second-order valence-corrected chi connectivity index (χ2v) is 4.28. The zero-order valence-electron chi connectivity index (χ0n) is 8.29. The Morgan fingerprint density at radius 2 is 2.15 bits per heavy atom. The number of rotatable bonds is 3. The maximum absolute atomic E-state index is 5.07. The van der Waals surface area contributed by atoms with E-state index in [1.807, 2.05) is 13.8 Å². The van der Waals surface area contributed by atoms with Crippen molar-refractivity contribution in [1.29, 1.82) is 0 Å². The predicted octanol–water partition coefficient (Wildman–Crippen LogP) is 1.94. The molecule has 0 unspecified atom stereocenters. The lowest BCUT2D eigenvalue weighted by molar-refractivity contribution is 0.414. The van der Waals surface area contributed by atoms with E-state index in [4.69, 9.17) is 4.52 Å². The van der Waals surface area contributed by atoms with Gasteiger partial charge in [-0.1, -0.05) is 12.1 Å². The Morgan fingerprint density at radius 1 is 1.46 bits per heavy atom.